The number of carbonyl (C=O) groups excluding carboxylic acids is 1. The fraction of sp³-hybridized carbons (Fsp3) is 0.250. The van der Waals surface area contributed by atoms with E-state index in [0.29, 0.717) is 31.4 Å². The molecule has 0 saturated carbocycles. The van der Waals surface area contributed by atoms with Gasteiger partial charge in [-0.1, -0.05) is 40.2 Å². The van der Waals surface area contributed by atoms with Crippen LogP contribution in [0.1, 0.15) is 24.0 Å². The summed E-state index contributed by atoms with van der Waals surface area (Å²) in [5.41, 5.74) is 4.93. The van der Waals surface area contributed by atoms with Gasteiger partial charge in [0.1, 0.15) is 5.52 Å². The van der Waals surface area contributed by atoms with E-state index in [1.54, 1.807) is 4.57 Å². The molecule has 0 fully saturated rings. The lowest BCUT2D eigenvalue weighted by Gasteiger charge is -2.13. The zero-order valence-corrected chi connectivity index (χ0v) is 18.5. The van der Waals surface area contributed by atoms with Crippen molar-refractivity contribution < 1.29 is 4.79 Å². The van der Waals surface area contributed by atoms with Gasteiger partial charge in [-0.15, -0.1) is 0 Å². The Hall–Kier alpha value is -2.86. The van der Waals surface area contributed by atoms with Crippen molar-refractivity contribution in [3.63, 3.8) is 0 Å². The highest BCUT2D eigenvalue weighted by atomic mass is 79.9. The van der Waals surface area contributed by atoms with Crippen LogP contribution in [-0.2, 0) is 17.8 Å². The first-order valence-corrected chi connectivity index (χ1v) is 10.9. The van der Waals surface area contributed by atoms with Crippen LogP contribution in [0.5, 0.6) is 0 Å². The van der Waals surface area contributed by atoms with E-state index in [9.17, 15) is 9.59 Å². The Kier molecular flexibility index (Phi) is 6.04. The van der Waals surface area contributed by atoms with E-state index < -0.39 is 0 Å². The summed E-state index contributed by atoms with van der Waals surface area (Å²) in [7, 11) is 0. The Balaban J connectivity index is 1.41. The number of carbonyl (C=O) groups is 1. The molecular weight excluding hydrogens is 442 g/mol. The van der Waals surface area contributed by atoms with Crippen LogP contribution in [0.25, 0.3) is 16.6 Å². The fourth-order valence-electron chi connectivity index (χ4n) is 3.86. The summed E-state index contributed by atoms with van der Waals surface area (Å²) >= 11 is 3.50. The number of aryl methyl sites for hydroxylation is 2. The molecule has 4 aromatic rings. The summed E-state index contributed by atoms with van der Waals surface area (Å²) < 4.78 is 4.61. The van der Waals surface area contributed by atoms with Crippen LogP contribution < -0.4 is 10.9 Å². The SMILES string of the molecule is Cc1ccccc1CCNC(=O)CCCn1c(=O)c2cccn2c2ccc(Br)cc21. The molecule has 1 amide bonds. The van der Waals surface area contributed by atoms with Crippen LogP contribution in [0.15, 0.2) is 70.1 Å². The standard InChI is InChI=1S/C24H24BrN3O2/c1-17-6-2-3-7-18(17)12-13-26-23(29)9-5-15-28-22-16-19(25)10-11-20(22)27-14-4-8-21(27)24(28)30/h2-4,6-8,10-11,14,16H,5,9,12-13,15H2,1H3,(H,26,29). The summed E-state index contributed by atoms with van der Waals surface area (Å²) in [6.07, 6.45) is 3.72. The van der Waals surface area contributed by atoms with Crippen LogP contribution in [-0.4, -0.2) is 21.4 Å². The van der Waals surface area contributed by atoms with Crippen molar-refractivity contribution in [2.75, 3.05) is 6.54 Å². The van der Waals surface area contributed by atoms with Crippen LogP contribution in [0, 0.1) is 6.92 Å². The minimum atomic E-state index is -0.0365. The Labute approximate surface area is 183 Å². The van der Waals surface area contributed by atoms with Crippen molar-refractivity contribution in [2.24, 2.45) is 0 Å². The van der Waals surface area contributed by atoms with Crippen LogP contribution in [0.4, 0.5) is 0 Å². The van der Waals surface area contributed by atoms with Gasteiger partial charge in [0.25, 0.3) is 5.56 Å². The summed E-state index contributed by atoms with van der Waals surface area (Å²) in [6.45, 7) is 3.20. The lowest BCUT2D eigenvalue weighted by atomic mass is 10.1. The van der Waals surface area contributed by atoms with E-state index in [1.807, 2.05) is 53.1 Å². The number of rotatable bonds is 7. The van der Waals surface area contributed by atoms with Gasteiger partial charge < -0.3 is 14.3 Å². The normalized spacial score (nSPS) is 11.3. The van der Waals surface area contributed by atoms with E-state index in [4.69, 9.17) is 0 Å². The number of benzene rings is 2. The zero-order valence-electron chi connectivity index (χ0n) is 16.9. The third kappa shape index (κ3) is 4.19. The molecular formula is C24H24BrN3O2. The molecule has 6 heteroatoms. The Morgan fingerprint density at radius 3 is 2.70 bits per heavy atom. The van der Waals surface area contributed by atoms with Crippen molar-refractivity contribution in [3.8, 4) is 0 Å². The number of halogens is 1. The van der Waals surface area contributed by atoms with Gasteiger partial charge in [-0.25, -0.2) is 0 Å². The number of aromatic nitrogens is 2. The molecule has 1 N–H and O–H groups in total. The molecule has 0 atom stereocenters. The first-order valence-electron chi connectivity index (χ1n) is 10.1. The summed E-state index contributed by atoms with van der Waals surface area (Å²) in [4.78, 5) is 25.2. The number of hydrogen-bond donors (Lipinski definition) is 1. The average molecular weight is 466 g/mol. The van der Waals surface area contributed by atoms with Crippen LogP contribution in [0.3, 0.4) is 0 Å². The van der Waals surface area contributed by atoms with Gasteiger partial charge in [0.15, 0.2) is 0 Å². The monoisotopic (exact) mass is 465 g/mol. The first kappa shape index (κ1) is 20.4. The van der Waals surface area contributed by atoms with E-state index in [1.165, 1.54) is 11.1 Å². The van der Waals surface area contributed by atoms with Crippen LogP contribution >= 0.6 is 15.9 Å². The molecule has 0 aliphatic rings. The van der Waals surface area contributed by atoms with Crippen molar-refractivity contribution >= 4 is 38.4 Å². The van der Waals surface area contributed by atoms with E-state index in [2.05, 4.69) is 40.3 Å². The second-order valence-corrected chi connectivity index (χ2v) is 8.40. The quantitative estimate of drug-likeness (QED) is 0.437. The maximum Gasteiger partial charge on any atom is 0.275 e. The Bertz CT molecular complexity index is 1270. The fourth-order valence-corrected chi connectivity index (χ4v) is 4.21. The highest BCUT2D eigenvalue weighted by Gasteiger charge is 2.11. The highest BCUT2D eigenvalue weighted by Crippen LogP contribution is 2.20. The molecule has 0 spiro atoms. The van der Waals surface area contributed by atoms with Crippen LogP contribution in [0.2, 0.25) is 0 Å². The number of hydrogen-bond acceptors (Lipinski definition) is 2. The topological polar surface area (TPSA) is 55.5 Å². The molecule has 0 radical (unpaired) electrons. The third-order valence-corrected chi connectivity index (χ3v) is 5.96. The minimum Gasteiger partial charge on any atom is -0.356 e. The lowest BCUT2D eigenvalue weighted by molar-refractivity contribution is -0.121. The minimum absolute atomic E-state index is 0.0193. The summed E-state index contributed by atoms with van der Waals surface area (Å²) in [5, 5.41) is 2.99. The maximum absolute atomic E-state index is 13.0. The smallest absolute Gasteiger partial charge is 0.275 e. The van der Waals surface area contributed by atoms with Gasteiger partial charge in [0, 0.05) is 30.2 Å². The molecule has 0 aliphatic carbocycles. The number of amides is 1. The number of nitrogens with one attached hydrogen (secondary N) is 1. The predicted octanol–water partition coefficient (Wildman–Crippen LogP) is 4.46. The van der Waals surface area contributed by atoms with E-state index in [0.717, 1.165) is 21.9 Å². The van der Waals surface area contributed by atoms with Gasteiger partial charge in [0.2, 0.25) is 5.91 Å². The number of fused-ring (bicyclic) bond motifs is 3. The molecule has 2 aromatic carbocycles. The van der Waals surface area contributed by atoms with Gasteiger partial charge in [0.05, 0.1) is 11.0 Å². The van der Waals surface area contributed by atoms with Gasteiger partial charge in [-0.2, -0.15) is 0 Å². The first-order chi connectivity index (χ1) is 14.5. The van der Waals surface area contributed by atoms with Crippen molar-refractivity contribution in [3.05, 3.63) is 86.7 Å². The second-order valence-electron chi connectivity index (χ2n) is 7.48. The number of nitrogens with zero attached hydrogens (tertiary/aromatic N) is 2. The van der Waals surface area contributed by atoms with Crippen molar-refractivity contribution in [1.29, 1.82) is 0 Å². The Morgan fingerprint density at radius 1 is 1.03 bits per heavy atom. The molecule has 2 heterocycles. The second kappa shape index (κ2) is 8.88. The molecule has 0 aliphatic heterocycles. The highest BCUT2D eigenvalue weighted by molar-refractivity contribution is 9.10. The molecule has 0 saturated heterocycles. The van der Waals surface area contributed by atoms with E-state index in [-0.39, 0.29) is 11.5 Å². The molecule has 30 heavy (non-hydrogen) atoms. The van der Waals surface area contributed by atoms with Gasteiger partial charge in [-0.05, 0) is 61.2 Å². The molecule has 2 aromatic heterocycles. The molecule has 4 rings (SSSR count). The van der Waals surface area contributed by atoms with Crippen molar-refractivity contribution in [1.82, 2.24) is 14.3 Å². The van der Waals surface area contributed by atoms with Gasteiger partial charge in [-0.3, -0.25) is 9.59 Å². The Morgan fingerprint density at radius 2 is 1.87 bits per heavy atom. The average Bonchev–Trinajstić information content (AvgIpc) is 3.22. The maximum atomic E-state index is 13.0. The molecule has 0 unspecified atom stereocenters. The molecule has 5 nitrogen and oxygen atoms in total. The molecule has 154 valence electrons. The summed E-state index contributed by atoms with van der Waals surface area (Å²) in [6, 6.07) is 17.9. The van der Waals surface area contributed by atoms with Crippen molar-refractivity contribution in [2.45, 2.75) is 32.7 Å². The van der Waals surface area contributed by atoms with E-state index >= 15 is 0 Å². The third-order valence-electron chi connectivity index (χ3n) is 5.46. The molecule has 0 bridgehead atoms. The summed E-state index contributed by atoms with van der Waals surface area (Å²) in [5.74, 6) is 0.0193. The largest absolute Gasteiger partial charge is 0.356 e. The van der Waals surface area contributed by atoms with Gasteiger partial charge >= 0.3 is 0 Å². The zero-order chi connectivity index (χ0) is 21.1. The predicted molar refractivity (Wildman–Crippen MR) is 124 cm³/mol. The lowest BCUT2D eigenvalue weighted by Crippen LogP contribution is -2.27.